The van der Waals surface area contributed by atoms with Crippen molar-refractivity contribution >= 4 is 28.8 Å². The molecule has 0 spiro atoms. The second kappa shape index (κ2) is 7.77. The summed E-state index contributed by atoms with van der Waals surface area (Å²) in [6.45, 7) is 4.00. The Bertz CT molecular complexity index is 871. The van der Waals surface area contributed by atoms with Crippen molar-refractivity contribution in [1.29, 1.82) is 0 Å². The Balaban J connectivity index is 1.73. The van der Waals surface area contributed by atoms with E-state index in [1.54, 1.807) is 24.5 Å². The fourth-order valence-electron chi connectivity index (χ4n) is 2.66. The number of imidazole rings is 1. The number of anilines is 1. The number of H-pyrrole nitrogens is 1. The first-order valence-electron chi connectivity index (χ1n) is 8.49. The first kappa shape index (κ1) is 17.6. The average molecular weight is 351 g/mol. The molecule has 0 saturated heterocycles. The summed E-state index contributed by atoms with van der Waals surface area (Å²) in [4.78, 5) is 36.4. The second-order valence-corrected chi connectivity index (χ2v) is 6.48. The van der Waals surface area contributed by atoms with Crippen LogP contribution in [0.5, 0.6) is 0 Å². The van der Waals surface area contributed by atoms with Crippen LogP contribution in [0.25, 0.3) is 11.0 Å². The normalized spacial score (nSPS) is 12.1. The van der Waals surface area contributed by atoms with Gasteiger partial charge in [0.25, 0.3) is 5.91 Å². The number of carbonyl (C=O) groups excluding carboxylic acids is 2. The first-order chi connectivity index (χ1) is 12.5. The van der Waals surface area contributed by atoms with Gasteiger partial charge in [0.2, 0.25) is 11.9 Å². The van der Waals surface area contributed by atoms with Crippen molar-refractivity contribution in [1.82, 2.24) is 20.3 Å². The predicted molar refractivity (Wildman–Crippen MR) is 99.7 cm³/mol. The van der Waals surface area contributed by atoms with Gasteiger partial charge in [-0.05, 0) is 36.6 Å². The number of nitrogens with zero attached hydrogens (tertiary/aromatic N) is 2. The van der Waals surface area contributed by atoms with E-state index in [0.717, 1.165) is 11.0 Å². The molecule has 3 aromatic rings. The maximum atomic E-state index is 12.7. The van der Waals surface area contributed by atoms with Gasteiger partial charge in [0.15, 0.2) is 0 Å². The highest BCUT2D eigenvalue weighted by atomic mass is 16.2. The molecule has 0 aliphatic heterocycles. The number of amides is 2. The van der Waals surface area contributed by atoms with Gasteiger partial charge in [0, 0.05) is 18.0 Å². The maximum Gasteiger partial charge on any atom is 0.252 e. The Morgan fingerprint density at radius 2 is 1.85 bits per heavy atom. The standard InChI is InChI=1S/C19H21N5O2/c1-12(2)11-16(21-17(25)13-7-9-20-10-8-13)18(26)24-19-22-14-5-3-4-6-15(14)23-19/h3-10,12,16H,11H2,1-2H3,(H,21,25)(H2,22,23,24,26)/t16-/m1/s1. The molecule has 0 fully saturated rings. The third-order valence-corrected chi connectivity index (χ3v) is 3.90. The van der Waals surface area contributed by atoms with E-state index >= 15 is 0 Å². The molecular weight excluding hydrogens is 330 g/mol. The van der Waals surface area contributed by atoms with Gasteiger partial charge in [-0.2, -0.15) is 0 Å². The SMILES string of the molecule is CC(C)C[C@@H](NC(=O)c1ccncc1)C(=O)Nc1nc2ccccc2[nH]1. The van der Waals surface area contributed by atoms with Crippen LogP contribution in [0.2, 0.25) is 0 Å². The van der Waals surface area contributed by atoms with Crippen LogP contribution in [0.4, 0.5) is 5.95 Å². The van der Waals surface area contributed by atoms with E-state index in [-0.39, 0.29) is 17.7 Å². The minimum Gasteiger partial charge on any atom is -0.340 e. The third-order valence-electron chi connectivity index (χ3n) is 3.90. The fourth-order valence-corrected chi connectivity index (χ4v) is 2.66. The molecule has 1 aromatic carbocycles. The molecule has 2 aromatic heterocycles. The molecule has 0 saturated carbocycles. The first-order valence-corrected chi connectivity index (χ1v) is 8.49. The maximum absolute atomic E-state index is 12.7. The number of benzene rings is 1. The van der Waals surface area contributed by atoms with Crippen LogP contribution in [-0.2, 0) is 4.79 Å². The van der Waals surface area contributed by atoms with Gasteiger partial charge < -0.3 is 10.3 Å². The summed E-state index contributed by atoms with van der Waals surface area (Å²) in [7, 11) is 0. The van der Waals surface area contributed by atoms with Gasteiger partial charge in [-0.15, -0.1) is 0 Å². The number of aromatic nitrogens is 3. The van der Waals surface area contributed by atoms with Crippen LogP contribution in [0.1, 0.15) is 30.6 Å². The Morgan fingerprint density at radius 3 is 2.54 bits per heavy atom. The Kier molecular flexibility index (Phi) is 5.26. The number of carbonyl (C=O) groups is 2. The molecule has 0 radical (unpaired) electrons. The minimum absolute atomic E-state index is 0.235. The molecule has 7 heteroatoms. The van der Waals surface area contributed by atoms with E-state index in [4.69, 9.17) is 0 Å². The van der Waals surface area contributed by atoms with Gasteiger partial charge in [0.1, 0.15) is 6.04 Å². The number of pyridine rings is 1. The highest BCUT2D eigenvalue weighted by Crippen LogP contribution is 2.14. The number of aromatic amines is 1. The number of rotatable bonds is 6. The molecule has 3 rings (SSSR count). The third kappa shape index (κ3) is 4.24. The Hall–Kier alpha value is -3.22. The zero-order chi connectivity index (χ0) is 18.5. The van der Waals surface area contributed by atoms with Crippen LogP contribution in [0.3, 0.4) is 0 Å². The summed E-state index contributed by atoms with van der Waals surface area (Å²) in [5.74, 6) is -0.0137. The lowest BCUT2D eigenvalue weighted by Crippen LogP contribution is -2.44. The average Bonchev–Trinajstić information content (AvgIpc) is 3.03. The molecule has 2 amide bonds. The zero-order valence-electron chi connectivity index (χ0n) is 14.7. The van der Waals surface area contributed by atoms with E-state index < -0.39 is 6.04 Å². The zero-order valence-corrected chi connectivity index (χ0v) is 14.7. The smallest absolute Gasteiger partial charge is 0.252 e. The summed E-state index contributed by atoms with van der Waals surface area (Å²) in [5.41, 5.74) is 2.07. The number of nitrogens with one attached hydrogen (secondary N) is 3. The summed E-state index contributed by atoms with van der Waals surface area (Å²) in [5, 5.41) is 5.56. The lowest BCUT2D eigenvalue weighted by atomic mass is 10.0. The summed E-state index contributed by atoms with van der Waals surface area (Å²) >= 11 is 0. The summed E-state index contributed by atoms with van der Waals surface area (Å²) in [6, 6.07) is 10.1. The quantitative estimate of drug-likeness (QED) is 0.636. The van der Waals surface area contributed by atoms with Crippen LogP contribution in [0.15, 0.2) is 48.8 Å². The van der Waals surface area contributed by atoms with Crippen molar-refractivity contribution < 1.29 is 9.59 Å². The molecule has 3 N–H and O–H groups in total. The van der Waals surface area contributed by atoms with E-state index in [0.29, 0.717) is 17.9 Å². The number of hydrogen-bond acceptors (Lipinski definition) is 4. The molecule has 0 unspecified atom stereocenters. The van der Waals surface area contributed by atoms with E-state index in [2.05, 4.69) is 25.6 Å². The number of hydrogen-bond donors (Lipinski definition) is 3. The van der Waals surface area contributed by atoms with Crippen molar-refractivity contribution in [3.63, 3.8) is 0 Å². The summed E-state index contributed by atoms with van der Waals surface area (Å²) < 4.78 is 0. The fraction of sp³-hybridized carbons (Fsp3) is 0.263. The van der Waals surface area contributed by atoms with Gasteiger partial charge in [-0.25, -0.2) is 4.98 Å². The van der Waals surface area contributed by atoms with Crippen molar-refractivity contribution in [3.05, 3.63) is 54.4 Å². The molecule has 1 atom stereocenters. The van der Waals surface area contributed by atoms with E-state index in [9.17, 15) is 9.59 Å². The van der Waals surface area contributed by atoms with Crippen molar-refractivity contribution in [2.75, 3.05) is 5.32 Å². The van der Waals surface area contributed by atoms with Crippen LogP contribution < -0.4 is 10.6 Å². The largest absolute Gasteiger partial charge is 0.340 e. The molecule has 0 aliphatic carbocycles. The molecule has 7 nitrogen and oxygen atoms in total. The molecule has 0 bridgehead atoms. The van der Waals surface area contributed by atoms with Gasteiger partial charge in [-0.1, -0.05) is 26.0 Å². The van der Waals surface area contributed by atoms with E-state index in [1.165, 1.54) is 0 Å². The van der Waals surface area contributed by atoms with Gasteiger partial charge in [-0.3, -0.25) is 19.9 Å². The van der Waals surface area contributed by atoms with Crippen molar-refractivity contribution in [3.8, 4) is 0 Å². The van der Waals surface area contributed by atoms with Gasteiger partial charge in [0.05, 0.1) is 11.0 Å². The monoisotopic (exact) mass is 351 g/mol. The highest BCUT2D eigenvalue weighted by Gasteiger charge is 2.23. The molecule has 0 aliphatic rings. The Morgan fingerprint density at radius 1 is 1.12 bits per heavy atom. The topological polar surface area (TPSA) is 99.8 Å². The number of fused-ring (bicyclic) bond motifs is 1. The second-order valence-electron chi connectivity index (χ2n) is 6.48. The van der Waals surface area contributed by atoms with Gasteiger partial charge >= 0.3 is 0 Å². The predicted octanol–water partition coefficient (Wildman–Crippen LogP) is 2.74. The van der Waals surface area contributed by atoms with Crippen LogP contribution in [0, 0.1) is 5.92 Å². The minimum atomic E-state index is -0.663. The van der Waals surface area contributed by atoms with Crippen LogP contribution in [-0.4, -0.2) is 32.8 Å². The molecular formula is C19H21N5O2. The van der Waals surface area contributed by atoms with Crippen molar-refractivity contribution in [2.24, 2.45) is 5.92 Å². The lowest BCUT2D eigenvalue weighted by Gasteiger charge is -2.19. The molecule has 134 valence electrons. The Labute approximate surface area is 151 Å². The molecule has 2 heterocycles. The van der Waals surface area contributed by atoms with Crippen LogP contribution >= 0.6 is 0 Å². The molecule has 26 heavy (non-hydrogen) atoms. The van der Waals surface area contributed by atoms with Crippen molar-refractivity contribution in [2.45, 2.75) is 26.3 Å². The number of para-hydroxylation sites is 2. The van der Waals surface area contributed by atoms with E-state index in [1.807, 2.05) is 38.1 Å². The lowest BCUT2D eigenvalue weighted by molar-refractivity contribution is -0.118. The highest BCUT2D eigenvalue weighted by molar-refractivity contribution is 6.01. The summed E-state index contributed by atoms with van der Waals surface area (Å²) in [6.07, 6.45) is 3.60.